The standard InChI is InChI=1S/C12H13ClF3NO2/c1-19-7-10(8-2-4-9(13)5-3-8)17-11(18)6-12(14,15)16/h2-5,10H,6-7H2,1H3,(H,17,18). The number of hydrogen-bond donors (Lipinski definition) is 1. The molecule has 1 N–H and O–H groups in total. The maximum atomic E-state index is 12.1. The Morgan fingerprint density at radius 3 is 2.42 bits per heavy atom. The summed E-state index contributed by atoms with van der Waals surface area (Å²) in [7, 11) is 1.40. The van der Waals surface area contributed by atoms with Crippen LogP contribution < -0.4 is 5.32 Å². The molecule has 0 aromatic heterocycles. The van der Waals surface area contributed by atoms with Crippen LogP contribution in [0.15, 0.2) is 24.3 Å². The first-order valence-electron chi connectivity index (χ1n) is 5.42. The van der Waals surface area contributed by atoms with Crippen LogP contribution in [0.3, 0.4) is 0 Å². The highest BCUT2D eigenvalue weighted by Crippen LogP contribution is 2.21. The van der Waals surface area contributed by atoms with Gasteiger partial charge < -0.3 is 10.1 Å². The number of nitrogens with one attached hydrogen (secondary N) is 1. The van der Waals surface area contributed by atoms with E-state index in [2.05, 4.69) is 5.32 Å². The third kappa shape index (κ3) is 5.94. The quantitative estimate of drug-likeness (QED) is 0.906. The van der Waals surface area contributed by atoms with E-state index in [0.717, 1.165) is 0 Å². The van der Waals surface area contributed by atoms with Crippen molar-refractivity contribution < 1.29 is 22.7 Å². The Hall–Kier alpha value is -1.27. The SMILES string of the molecule is COCC(NC(=O)CC(F)(F)F)c1ccc(Cl)cc1. The average molecular weight is 296 g/mol. The lowest BCUT2D eigenvalue weighted by Gasteiger charge is -2.19. The second kappa shape index (κ2) is 6.77. The van der Waals surface area contributed by atoms with Gasteiger partial charge in [-0.2, -0.15) is 13.2 Å². The van der Waals surface area contributed by atoms with E-state index >= 15 is 0 Å². The van der Waals surface area contributed by atoms with Crippen LogP contribution in [0.2, 0.25) is 5.02 Å². The van der Waals surface area contributed by atoms with Crippen molar-refractivity contribution in [3.63, 3.8) is 0 Å². The number of alkyl halides is 3. The number of carbonyl (C=O) groups is 1. The van der Waals surface area contributed by atoms with Crippen LogP contribution in [0.1, 0.15) is 18.0 Å². The Morgan fingerprint density at radius 2 is 1.95 bits per heavy atom. The first-order chi connectivity index (χ1) is 8.81. The van der Waals surface area contributed by atoms with Gasteiger partial charge in [0.1, 0.15) is 6.42 Å². The van der Waals surface area contributed by atoms with E-state index in [1.54, 1.807) is 24.3 Å². The summed E-state index contributed by atoms with van der Waals surface area (Å²) < 4.78 is 41.2. The van der Waals surface area contributed by atoms with Gasteiger partial charge in [0.25, 0.3) is 0 Å². The van der Waals surface area contributed by atoms with Crippen molar-refractivity contribution in [2.24, 2.45) is 0 Å². The highest BCUT2D eigenvalue weighted by Gasteiger charge is 2.32. The van der Waals surface area contributed by atoms with Gasteiger partial charge in [0, 0.05) is 12.1 Å². The van der Waals surface area contributed by atoms with Gasteiger partial charge in [-0.1, -0.05) is 23.7 Å². The third-order valence-electron chi connectivity index (χ3n) is 2.30. The molecule has 0 radical (unpaired) electrons. The summed E-state index contributed by atoms with van der Waals surface area (Å²) in [5.74, 6) is -1.09. The molecule has 0 aliphatic carbocycles. The molecular formula is C12H13ClF3NO2. The predicted molar refractivity (Wildman–Crippen MR) is 64.9 cm³/mol. The maximum absolute atomic E-state index is 12.1. The molecule has 106 valence electrons. The minimum Gasteiger partial charge on any atom is -0.382 e. The number of halogens is 4. The lowest BCUT2D eigenvalue weighted by molar-refractivity contribution is -0.154. The molecule has 3 nitrogen and oxygen atoms in total. The number of ether oxygens (including phenoxy) is 1. The minimum atomic E-state index is -4.53. The molecule has 1 aromatic carbocycles. The average Bonchev–Trinajstić information content (AvgIpc) is 2.27. The summed E-state index contributed by atoms with van der Waals surface area (Å²) in [5, 5.41) is 2.78. The Labute approximate surface area is 113 Å². The molecule has 0 saturated heterocycles. The van der Waals surface area contributed by atoms with Crippen LogP contribution in [-0.2, 0) is 9.53 Å². The molecule has 1 amide bonds. The highest BCUT2D eigenvalue weighted by atomic mass is 35.5. The van der Waals surface area contributed by atoms with Crippen molar-refractivity contribution in [3.8, 4) is 0 Å². The summed E-state index contributed by atoms with van der Waals surface area (Å²) in [6, 6.07) is 5.79. The van der Waals surface area contributed by atoms with E-state index in [4.69, 9.17) is 16.3 Å². The summed E-state index contributed by atoms with van der Waals surface area (Å²) in [5.41, 5.74) is 0.627. The van der Waals surface area contributed by atoms with Gasteiger partial charge in [-0.25, -0.2) is 0 Å². The highest BCUT2D eigenvalue weighted by molar-refractivity contribution is 6.30. The molecule has 1 atom stereocenters. The monoisotopic (exact) mass is 295 g/mol. The molecule has 7 heteroatoms. The number of methoxy groups -OCH3 is 1. The van der Waals surface area contributed by atoms with Crippen molar-refractivity contribution in [1.82, 2.24) is 5.32 Å². The molecule has 0 heterocycles. The maximum Gasteiger partial charge on any atom is 0.397 e. The van der Waals surface area contributed by atoms with Gasteiger partial charge in [0.2, 0.25) is 5.91 Å². The fraction of sp³-hybridized carbons (Fsp3) is 0.417. The van der Waals surface area contributed by atoms with Crippen molar-refractivity contribution in [1.29, 1.82) is 0 Å². The van der Waals surface area contributed by atoms with E-state index in [0.29, 0.717) is 10.6 Å². The second-order valence-electron chi connectivity index (χ2n) is 3.92. The molecule has 0 bridgehead atoms. The van der Waals surface area contributed by atoms with Gasteiger partial charge in [-0.05, 0) is 17.7 Å². The number of benzene rings is 1. The van der Waals surface area contributed by atoms with Crippen molar-refractivity contribution in [3.05, 3.63) is 34.9 Å². The third-order valence-corrected chi connectivity index (χ3v) is 2.55. The molecular weight excluding hydrogens is 283 g/mol. The normalized spacial score (nSPS) is 13.1. The summed E-state index contributed by atoms with van der Waals surface area (Å²) in [4.78, 5) is 11.3. The molecule has 0 aliphatic rings. The second-order valence-corrected chi connectivity index (χ2v) is 4.36. The van der Waals surface area contributed by atoms with E-state index in [1.165, 1.54) is 7.11 Å². The lowest BCUT2D eigenvalue weighted by Crippen LogP contribution is -2.34. The van der Waals surface area contributed by atoms with Crippen molar-refractivity contribution in [2.75, 3.05) is 13.7 Å². The largest absolute Gasteiger partial charge is 0.397 e. The molecule has 19 heavy (non-hydrogen) atoms. The number of rotatable bonds is 5. The molecule has 1 aromatic rings. The predicted octanol–water partition coefficient (Wildman–Crippen LogP) is 3.10. The number of hydrogen-bond acceptors (Lipinski definition) is 2. The topological polar surface area (TPSA) is 38.3 Å². The zero-order valence-electron chi connectivity index (χ0n) is 10.1. The molecule has 0 spiro atoms. The molecule has 0 aliphatic heterocycles. The van der Waals surface area contributed by atoms with Crippen LogP contribution in [0, 0.1) is 0 Å². The fourth-order valence-corrected chi connectivity index (χ4v) is 1.64. The summed E-state index contributed by atoms with van der Waals surface area (Å²) >= 11 is 5.72. The fourth-order valence-electron chi connectivity index (χ4n) is 1.51. The van der Waals surface area contributed by atoms with Crippen LogP contribution in [0.5, 0.6) is 0 Å². The summed E-state index contributed by atoms with van der Waals surface area (Å²) in [6.45, 7) is 0.0746. The van der Waals surface area contributed by atoms with E-state index in [1.807, 2.05) is 0 Å². The van der Waals surface area contributed by atoms with Crippen LogP contribution in [0.25, 0.3) is 0 Å². The minimum absolute atomic E-state index is 0.0746. The zero-order valence-corrected chi connectivity index (χ0v) is 10.9. The van der Waals surface area contributed by atoms with E-state index < -0.39 is 24.5 Å². The van der Waals surface area contributed by atoms with Crippen LogP contribution in [0.4, 0.5) is 13.2 Å². The molecule has 1 rings (SSSR count). The van der Waals surface area contributed by atoms with Crippen molar-refractivity contribution >= 4 is 17.5 Å². The smallest absolute Gasteiger partial charge is 0.382 e. The van der Waals surface area contributed by atoms with Gasteiger partial charge in [0.05, 0.1) is 12.6 Å². The molecule has 0 fully saturated rings. The molecule has 0 saturated carbocycles. The van der Waals surface area contributed by atoms with Crippen LogP contribution >= 0.6 is 11.6 Å². The number of carbonyl (C=O) groups excluding carboxylic acids is 1. The Morgan fingerprint density at radius 1 is 1.37 bits per heavy atom. The zero-order chi connectivity index (χ0) is 14.5. The van der Waals surface area contributed by atoms with Gasteiger partial charge in [-0.15, -0.1) is 0 Å². The first-order valence-corrected chi connectivity index (χ1v) is 5.80. The summed E-state index contributed by atoms with van der Waals surface area (Å²) in [6.07, 6.45) is -6.04. The van der Waals surface area contributed by atoms with Gasteiger partial charge >= 0.3 is 6.18 Å². The Kier molecular flexibility index (Phi) is 5.62. The number of amides is 1. The van der Waals surface area contributed by atoms with Gasteiger partial charge in [0.15, 0.2) is 0 Å². The van der Waals surface area contributed by atoms with E-state index in [-0.39, 0.29) is 6.61 Å². The van der Waals surface area contributed by atoms with E-state index in [9.17, 15) is 18.0 Å². The first kappa shape index (κ1) is 15.8. The van der Waals surface area contributed by atoms with Gasteiger partial charge in [-0.3, -0.25) is 4.79 Å². The van der Waals surface area contributed by atoms with Crippen LogP contribution in [-0.4, -0.2) is 25.8 Å². The lowest BCUT2D eigenvalue weighted by atomic mass is 10.1. The molecule has 1 unspecified atom stereocenters. The Balaban J connectivity index is 2.73. The van der Waals surface area contributed by atoms with Crippen molar-refractivity contribution in [2.45, 2.75) is 18.6 Å². The Bertz CT molecular complexity index is 420.